The number of hydrazone groups is 1. The lowest BCUT2D eigenvalue weighted by atomic mass is 10.2. The molecule has 0 radical (unpaired) electrons. The molecule has 0 fully saturated rings. The van der Waals surface area contributed by atoms with E-state index in [0.29, 0.717) is 13.0 Å². The zero-order valence-electron chi connectivity index (χ0n) is 12.4. The number of hydrogen-bond donors (Lipinski definition) is 1. The summed E-state index contributed by atoms with van der Waals surface area (Å²) < 4.78 is 1.84. The van der Waals surface area contributed by atoms with E-state index in [0.717, 1.165) is 10.4 Å². The first-order valence-corrected chi connectivity index (χ1v) is 8.08. The molecule has 0 bridgehead atoms. The standard InChI is InChI=1S/C17H16N4OS/c22-17(9-16-7-4-8-23-16)20-18-10-15-11-19-21(13-15)12-14-5-2-1-3-6-14/h1-8,10-11,13H,9,12H2,(H,20,22)/b18-10-. The van der Waals surface area contributed by atoms with E-state index in [1.165, 1.54) is 5.56 Å². The molecule has 1 aromatic carbocycles. The Morgan fingerprint density at radius 1 is 1.26 bits per heavy atom. The molecule has 0 spiro atoms. The van der Waals surface area contributed by atoms with Crippen molar-refractivity contribution in [1.29, 1.82) is 0 Å². The molecule has 0 aliphatic heterocycles. The summed E-state index contributed by atoms with van der Waals surface area (Å²) in [7, 11) is 0. The Morgan fingerprint density at radius 2 is 2.13 bits per heavy atom. The van der Waals surface area contributed by atoms with Gasteiger partial charge in [0.25, 0.3) is 0 Å². The van der Waals surface area contributed by atoms with Crippen molar-refractivity contribution >= 4 is 23.5 Å². The largest absolute Gasteiger partial charge is 0.273 e. The van der Waals surface area contributed by atoms with Crippen molar-refractivity contribution in [1.82, 2.24) is 15.2 Å². The second-order valence-corrected chi connectivity index (χ2v) is 6.04. The van der Waals surface area contributed by atoms with Crippen LogP contribution >= 0.6 is 11.3 Å². The maximum Gasteiger partial charge on any atom is 0.245 e. The molecule has 1 N–H and O–H groups in total. The molecule has 0 aliphatic carbocycles. The minimum atomic E-state index is -0.125. The van der Waals surface area contributed by atoms with Crippen molar-refractivity contribution in [2.45, 2.75) is 13.0 Å². The van der Waals surface area contributed by atoms with Crippen LogP contribution in [-0.4, -0.2) is 21.9 Å². The normalized spacial score (nSPS) is 11.0. The van der Waals surface area contributed by atoms with E-state index in [1.807, 2.05) is 46.6 Å². The smallest absolute Gasteiger partial charge is 0.245 e. The molecule has 0 atom stereocenters. The molecule has 3 rings (SSSR count). The van der Waals surface area contributed by atoms with Crippen molar-refractivity contribution in [2.24, 2.45) is 5.10 Å². The second-order valence-electron chi connectivity index (χ2n) is 5.01. The fourth-order valence-corrected chi connectivity index (χ4v) is 2.80. The van der Waals surface area contributed by atoms with Gasteiger partial charge in [-0.3, -0.25) is 9.48 Å². The monoisotopic (exact) mass is 324 g/mol. The highest BCUT2D eigenvalue weighted by Gasteiger charge is 2.02. The second kappa shape index (κ2) is 7.51. The molecule has 6 heteroatoms. The molecular weight excluding hydrogens is 308 g/mol. The van der Waals surface area contributed by atoms with Crippen molar-refractivity contribution in [2.75, 3.05) is 0 Å². The van der Waals surface area contributed by atoms with E-state index in [9.17, 15) is 4.79 Å². The van der Waals surface area contributed by atoms with Gasteiger partial charge >= 0.3 is 0 Å². The van der Waals surface area contributed by atoms with Crippen molar-refractivity contribution in [3.8, 4) is 0 Å². The van der Waals surface area contributed by atoms with Gasteiger partial charge in [-0.25, -0.2) is 5.43 Å². The number of nitrogens with zero attached hydrogens (tertiary/aromatic N) is 3. The highest BCUT2D eigenvalue weighted by molar-refractivity contribution is 7.10. The molecule has 3 aromatic rings. The van der Waals surface area contributed by atoms with Gasteiger partial charge in [-0.1, -0.05) is 36.4 Å². The Balaban J connectivity index is 1.51. The van der Waals surface area contributed by atoms with E-state index in [-0.39, 0.29) is 5.91 Å². The Hall–Kier alpha value is -2.73. The zero-order valence-corrected chi connectivity index (χ0v) is 13.2. The molecule has 23 heavy (non-hydrogen) atoms. The fourth-order valence-electron chi connectivity index (χ4n) is 2.09. The van der Waals surface area contributed by atoms with Crippen LogP contribution in [0.4, 0.5) is 0 Å². The maximum atomic E-state index is 11.7. The van der Waals surface area contributed by atoms with Crippen molar-refractivity contribution in [3.05, 3.63) is 76.2 Å². The summed E-state index contributed by atoms with van der Waals surface area (Å²) in [5.74, 6) is -0.125. The molecule has 0 unspecified atom stereocenters. The molecule has 0 saturated heterocycles. The molecule has 116 valence electrons. The van der Waals surface area contributed by atoms with Crippen LogP contribution in [0.5, 0.6) is 0 Å². The summed E-state index contributed by atoms with van der Waals surface area (Å²) >= 11 is 1.56. The summed E-state index contributed by atoms with van der Waals surface area (Å²) in [5.41, 5.74) is 4.56. The third kappa shape index (κ3) is 4.62. The zero-order chi connectivity index (χ0) is 15.9. The average molecular weight is 324 g/mol. The molecule has 0 saturated carbocycles. The van der Waals surface area contributed by atoms with Gasteiger partial charge in [0.05, 0.1) is 25.4 Å². The molecule has 1 amide bonds. The molecule has 2 heterocycles. The van der Waals surface area contributed by atoms with Gasteiger partial charge in [0, 0.05) is 16.6 Å². The third-order valence-electron chi connectivity index (χ3n) is 3.16. The molecule has 0 aliphatic rings. The lowest BCUT2D eigenvalue weighted by Gasteiger charge is -2.00. The SMILES string of the molecule is O=C(Cc1cccs1)N/N=C\c1cnn(Cc2ccccc2)c1. The van der Waals surface area contributed by atoms with Crippen LogP contribution in [0.2, 0.25) is 0 Å². The number of rotatable bonds is 6. The third-order valence-corrected chi connectivity index (χ3v) is 4.03. The first kappa shape index (κ1) is 15.2. The van der Waals surface area contributed by atoms with Crippen LogP contribution < -0.4 is 5.43 Å². The van der Waals surface area contributed by atoms with Gasteiger partial charge in [-0.2, -0.15) is 10.2 Å². The van der Waals surface area contributed by atoms with E-state index in [1.54, 1.807) is 23.7 Å². The van der Waals surface area contributed by atoms with Gasteiger partial charge in [0.2, 0.25) is 5.91 Å². The minimum Gasteiger partial charge on any atom is -0.273 e. The Morgan fingerprint density at radius 3 is 2.91 bits per heavy atom. The lowest BCUT2D eigenvalue weighted by molar-refractivity contribution is -0.120. The average Bonchev–Trinajstić information content (AvgIpc) is 3.21. The first-order chi connectivity index (χ1) is 11.3. The number of hydrogen-bond acceptors (Lipinski definition) is 4. The van der Waals surface area contributed by atoms with Gasteiger partial charge in [-0.05, 0) is 17.0 Å². The number of benzene rings is 1. The number of nitrogens with one attached hydrogen (secondary N) is 1. The summed E-state index contributed by atoms with van der Waals surface area (Å²) in [6, 6.07) is 14.0. The number of amides is 1. The lowest BCUT2D eigenvalue weighted by Crippen LogP contribution is -2.19. The molecular formula is C17H16N4OS. The van der Waals surface area contributed by atoms with Crippen LogP contribution in [0.1, 0.15) is 16.0 Å². The van der Waals surface area contributed by atoms with Crippen molar-refractivity contribution in [3.63, 3.8) is 0 Å². The topological polar surface area (TPSA) is 59.3 Å². The number of aromatic nitrogens is 2. The van der Waals surface area contributed by atoms with Gasteiger partial charge in [0.1, 0.15) is 0 Å². The van der Waals surface area contributed by atoms with Crippen molar-refractivity contribution < 1.29 is 4.79 Å². The van der Waals surface area contributed by atoms with Gasteiger partial charge < -0.3 is 0 Å². The van der Waals surface area contributed by atoms with Crippen LogP contribution in [-0.2, 0) is 17.8 Å². The van der Waals surface area contributed by atoms with E-state index < -0.39 is 0 Å². The predicted molar refractivity (Wildman–Crippen MR) is 91.5 cm³/mol. The number of thiophene rings is 1. The van der Waals surface area contributed by atoms with Gasteiger partial charge in [-0.15, -0.1) is 11.3 Å². The highest BCUT2D eigenvalue weighted by Crippen LogP contribution is 2.08. The summed E-state index contributed by atoms with van der Waals surface area (Å²) in [4.78, 5) is 12.7. The number of carbonyl (C=O) groups is 1. The first-order valence-electron chi connectivity index (χ1n) is 7.20. The molecule has 2 aromatic heterocycles. The fraction of sp³-hybridized carbons (Fsp3) is 0.118. The highest BCUT2D eigenvalue weighted by atomic mass is 32.1. The maximum absolute atomic E-state index is 11.7. The quantitative estimate of drug-likeness (QED) is 0.560. The van der Waals surface area contributed by atoms with Crippen LogP contribution in [0.3, 0.4) is 0 Å². The van der Waals surface area contributed by atoms with Crippen LogP contribution in [0.15, 0.2) is 65.3 Å². The Kier molecular flexibility index (Phi) is 4.95. The predicted octanol–water partition coefficient (Wildman–Crippen LogP) is 2.69. The summed E-state index contributed by atoms with van der Waals surface area (Å²) in [6.45, 7) is 0.708. The Labute approximate surface area is 138 Å². The summed E-state index contributed by atoms with van der Waals surface area (Å²) in [6.07, 6.45) is 5.56. The van der Waals surface area contributed by atoms with E-state index in [4.69, 9.17) is 0 Å². The van der Waals surface area contributed by atoms with E-state index in [2.05, 4.69) is 27.8 Å². The number of carbonyl (C=O) groups excluding carboxylic acids is 1. The molecule has 5 nitrogen and oxygen atoms in total. The van der Waals surface area contributed by atoms with Crippen LogP contribution in [0.25, 0.3) is 0 Å². The van der Waals surface area contributed by atoms with Gasteiger partial charge in [0.15, 0.2) is 0 Å². The minimum absolute atomic E-state index is 0.125. The Bertz CT molecular complexity index is 778. The summed E-state index contributed by atoms with van der Waals surface area (Å²) in [5, 5.41) is 10.2. The van der Waals surface area contributed by atoms with Crippen LogP contribution in [0, 0.1) is 0 Å². The van der Waals surface area contributed by atoms with E-state index >= 15 is 0 Å².